The van der Waals surface area contributed by atoms with Crippen LogP contribution < -0.4 is 5.73 Å². The third kappa shape index (κ3) is 3.54. The number of aryl methyl sites for hydroxylation is 1. The molecule has 2 atom stereocenters. The number of rotatable bonds is 5. The van der Waals surface area contributed by atoms with E-state index in [0.29, 0.717) is 5.25 Å². The van der Waals surface area contributed by atoms with E-state index in [4.69, 9.17) is 5.73 Å². The van der Waals surface area contributed by atoms with Crippen molar-refractivity contribution in [3.63, 3.8) is 0 Å². The van der Waals surface area contributed by atoms with Crippen molar-refractivity contribution in [3.8, 4) is 0 Å². The summed E-state index contributed by atoms with van der Waals surface area (Å²) in [5, 5.41) is 0.436. The summed E-state index contributed by atoms with van der Waals surface area (Å²) in [4.78, 5) is 0. The minimum atomic E-state index is 0.211. The van der Waals surface area contributed by atoms with Crippen molar-refractivity contribution < 1.29 is 0 Å². The van der Waals surface area contributed by atoms with Crippen LogP contribution in [-0.2, 0) is 0 Å². The second kappa shape index (κ2) is 6.19. The fraction of sp³-hybridized carbons (Fsp3) is 0.538. The van der Waals surface area contributed by atoms with Crippen molar-refractivity contribution in [1.82, 2.24) is 0 Å². The van der Waals surface area contributed by atoms with Crippen molar-refractivity contribution in [3.05, 3.63) is 35.4 Å². The Labute approximate surface area is 97.4 Å². The molecule has 1 aromatic carbocycles. The highest BCUT2D eigenvalue weighted by Gasteiger charge is 2.17. The predicted molar refractivity (Wildman–Crippen MR) is 70.3 cm³/mol. The summed E-state index contributed by atoms with van der Waals surface area (Å²) >= 11 is 1.97. The molecule has 0 aliphatic rings. The molecule has 0 bridgehead atoms. The minimum absolute atomic E-state index is 0.211. The van der Waals surface area contributed by atoms with Gasteiger partial charge in [0, 0.05) is 11.3 Å². The van der Waals surface area contributed by atoms with E-state index in [1.54, 1.807) is 0 Å². The SMILES string of the molecule is CCCSC(c1ccccc1C)C(C)N. The fourth-order valence-electron chi connectivity index (χ4n) is 1.68. The van der Waals surface area contributed by atoms with E-state index in [1.807, 2.05) is 11.8 Å². The summed E-state index contributed by atoms with van der Waals surface area (Å²) in [6.07, 6.45) is 1.21. The van der Waals surface area contributed by atoms with Gasteiger partial charge in [0.2, 0.25) is 0 Å². The van der Waals surface area contributed by atoms with Gasteiger partial charge in [0.1, 0.15) is 0 Å². The monoisotopic (exact) mass is 223 g/mol. The quantitative estimate of drug-likeness (QED) is 0.826. The van der Waals surface area contributed by atoms with Crippen LogP contribution in [0, 0.1) is 6.92 Å². The molecule has 0 aromatic heterocycles. The number of thioether (sulfide) groups is 1. The van der Waals surface area contributed by atoms with Gasteiger partial charge in [0.05, 0.1) is 0 Å². The van der Waals surface area contributed by atoms with Crippen LogP contribution in [0.1, 0.15) is 36.6 Å². The molecule has 84 valence electrons. The van der Waals surface area contributed by atoms with Crippen LogP contribution in [-0.4, -0.2) is 11.8 Å². The van der Waals surface area contributed by atoms with E-state index >= 15 is 0 Å². The molecule has 1 aromatic rings. The highest BCUT2D eigenvalue weighted by molar-refractivity contribution is 7.99. The highest BCUT2D eigenvalue weighted by atomic mass is 32.2. The van der Waals surface area contributed by atoms with Crippen LogP contribution in [0.5, 0.6) is 0 Å². The Kier molecular flexibility index (Phi) is 5.20. The van der Waals surface area contributed by atoms with Crippen molar-refractivity contribution >= 4 is 11.8 Å². The smallest absolute Gasteiger partial charge is 0.0448 e. The second-order valence-corrected chi connectivity index (χ2v) is 5.26. The molecule has 2 heteroatoms. The summed E-state index contributed by atoms with van der Waals surface area (Å²) in [5.41, 5.74) is 8.80. The van der Waals surface area contributed by atoms with Crippen LogP contribution >= 0.6 is 11.8 Å². The molecule has 0 fully saturated rings. The summed E-state index contributed by atoms with van der Waals surface area (Å²) < 4.78 is 0. The van der Waals surface area contributed by atoms with Gasteiger partial charge in [-0.1, -0.05) is 31.2 Å². The van der Waals surface area contributed by atoms with Gasteiger partial charge >= 0.3 is 0 Å². The Morgan fingerprint density at radius 1 is 1.33 bits per heavy atom. The van der Waals surface area contributed by atoms with Crippen molar-refractivity contribution in [2.75, 3.05) is 5.75 Å². The summed E-state index contributed by atoms with van der Waals surface area (Å²) in [6.45, 7) is 6.47. The third-order valence-corrected chi connectivity index (χ3v) is 4.16. The van der Waals surface area contributed by atoms with E-state index in [-0.39, 0.29) is 6.04 Å². The van der Waals surface area contributed by atoms with Crippen LogP contribution in [0.15, 0.2) is 24.3 Å². The molecule has 0 saturated carbocycles. The van der Waals surface area contributed by atoms with Crippen LogP contribution in [0.3, 0.4) is 0 Å². The lowest BCUT2D eigenvalue weighted by atomic mass is 10.0. The number of nitrogens with two attached hydrogens (primary N) is 1. The predicted octanol–water partition coefficient (Wildman–Crippen LogP) is 3.53. The molecule has 0 amide bonds. The average Bonchev–Trinajstić information content (AvgIpc) is 2.20. The average molecular weight is 223 g/mol. The molecule has 0 heterocycles. The van der Waals surface area contributed by atoms with Crippen LogP contribution in [0.25, 0.3) is 0 Å². The Morgan fingerprint density at radius 3 is 2.53 bits per heavy atom. The maximum atomic E-state index is 6.06. The molecule has 15 heavy (non-hydrogen) atoms. The fourth-order valence-corrected chi connectivity index (χ4v) is 2.91. The van der Waals surface area contributed by atoms with E-state index in [1.165, 1.54) is 23.3 Å². The molecule has 1 nitrogen and oxygen atoms in total. The van der Waals surface area contributed by atoms with Crippen molar-refractivity contribution in [2.24, 2.45) is 5.73 Å². The number of benzene rings is 1. The topological polar surface area (TPSA) is 26.0 Å². The van der Waals surface area contributed by atoms with Gasteiger partial charge in [-0.15, -0.1) is 0 Å². The van der Waals surface area contributed by atoms with Gasteiger partial charge < -0.3 is 5.73 Å². The standard InChI is InChI=1S/C13H21NS/c1-4-9-15-13(11(3)14)12-8-6-5-7-10(12)2/h5-8,11,13H,4,9,14H2,1-3H3. The first-order valence-electron chi connectivity index (χ1n) is 5.59. The molecular weight excluding hydrogens is 202 g/mol. The normalized spacial score (nSPS) is 14.9. The molecule has 0 aliphatic carbocycles. The van der Waals surface area contributed by atoms with Gasteiger partial charge in [-0.25, -0.2) is 0 Å². The van der Waals surface area contributed by atoms with Gasteiger partial charge in [0.25, 0.3) is 0 Å². The first-order chi connectivity index (χ1) is 7.16. The van der Waals surface area contributed by atoms with Gasteiger partial charge in [-0.05, 0) is 37.1 Å². The van der Waals surface area contributed by atoms with E-state index in [0.717, 1.165) is 0 Å². The van der Waals surface area contributed by atoms with Crippen molar-refractivity contribution in [1.29, 1.82) is 0 Å². The Hall–Kier alpha value is -0.470. The summed E-state index contributed by atoms with van der Waals surface area (Å²) in [6, 6.07) is 8.76. The highest BCUT2D eigenvalue weighted by Crippen LogP contribution is 2.33. The largest absolute Gasteiger partial charge is 0.327 e. The Balaban J connectivity index is 2.84. The third-order valence-electron chi connectivity index (χ3n) is 2.47. The first kappa shape index (κ1) is 12.6. The van der Waals surface area contributed by atoms with Gasteiger partial charge in [0.15, 0.2) is 0 Å². The lowest BCUT2D eigenvalue weighted by Gasteiger charge is -2.22. The molecule has 1 rings (SSSR count). The molecule has 0 spiro atoms. The lowest BCUT2D eigenvalue weighted by molar-refractivity contribution is 0.717. The maximum absolute atomic E-state index is 6.06. The minimum Gasteiger partial charge on any atom is -0.327 e. The van der Waals surface area contributed by atoms with Crippen LogP contribution in [0.4, 0.5) is 0 Å². The zero-order chi connectivity index (χ0) is 11.3. The molecule has 2 unspecified atom stereocenters. The molecule has 0 aliphatic heterocycles. The first-order valence-corrected chi connectivity index (χ1v) is 6.64. The van der Waals surface area contributed by atoms with E-state index < -0.39 is 0 Å². The molecular formula is C13H21NS. The zero-order valence-corrected chi connectivity index (χ0v) is 10.7. The number of hydrogen-bond donors (Lipinski definition) is 1. The van der Waals surface area contributed by atoms with Gasteiger partial charge in [-0.2, -0.15) is 11.8 Å². The van der Waals surface area contributed by atoms with Crippen LogP contribution in [0.2, 0.25) is 0 Å². The lowest BCUT2D eigenvalue weighted by Crippen LogP contribution is -2.23. The Morgan fingerprint density at radius 2 is 2.00 bits per heavy atom. The molecule has 0 radical (unpaired) electrons. The number of hydrogen-bond acceptors (Lipinski definition) is 2. The maximum Gasteiger partial charge on any atom is 0.0448 e. The molecule has 0 saturated heterocycles. The summed E-state index contributed by atoms with van der Waals surface area (Å²) in [5.74, 6) is 1.18. The van der Waals surface area contributed by atoms with E-state index in [2.05, 4.69) is 45.0 Å². The van der Waals surface area contributed by atoms with Crippen molar-refractivity contribution in [2.45, 2.75) is 38.5 Å². The van der Waals surface area contributed by atoms with E-state index in [9.17, 15) is 0 Å². The van der Waals surface area contributed by atoms with Gasteiger partial charge in [-0.3, -0.25) is 0 Å². The Bertz CT molecular complexity index is 296. The second-order valence-electron chi connectivity index (χ2n) is 4.01. The summed E-state index contributed by atoms with van der Waals surface area (Å²) in [7, 11) is 0. The zero-order valence-electron chi connectivity index (χ0n) is 9.86. The molecule has 2 N–H and O–H groups in total.